The third-order valence-electron chi connectivity index (χ3n) is 3.24. The summed E-state index contributed by atoms with van der Waals surface area (Å²) in [6.45, 7) is 4.67. The second kappa shape index (κ2) is 8.39. The lowest BCUT2D eigenvalue weighted by molar-refractivity contribution is -0.131. The van der Waals surface area contributed by atoms with Crippen LogP contribution in [0.1, 0.15) is 6.92 Å². The van der Waals surface area contributed by atoms with Crippen LogP contribution in [0.5, 0.6) is 5.75 Å². The van der Waals surface area contributed by atoms with Crippen molar-refractivity contribution in [3.05, 3.63) is 24.3 Å². The Morgan fingerprint density at radius 1 is 1.45 bits per heavy atom. The Hall–Kier alpha value is -0.910. The molecular formula is C14H21ClN2O2S. The normalized spacial score (nSPS) is 18.3. The van der Waals surface area contributed by atoms with Crippen molar-refractivity contribution in [3.8, 4) is 5.75 Å². The maximum Gasteiger partial charge on any atom is 0.233 e. The zero-order valence-electron chi connectivity index (χ0n) is 11.8. The minimum absolute atomic E-state index is 0. The van der Waals surface area contributed by atoms with Crippen LogP contribution in [0.15, 0.2) is 29.2 Å². The Bertz CT molecular complexity index is 428. The lowest BCUT2D eigenvalue weighted by Crippen LogP contribution is -2.52. The summed E-state index contributed by atoms with van der Waals surface area (Å²) in [6.07, 6.45) is 0. The highest BCUT2D eigenvalue weighted by Crippen LogP contribution is 2.22. The number of halogens is 1. The van der Waals surface area contributed by atoms with Crippen molar-refractivity contribution in [2.45, 2.75) is 17.9 Å². The highest BCUT2D eigenvalue weighted by atomic mass is 35.5. The van der Waals surface area contributed by atoms with Gasteiger partial charge in [0.2, 0.25) is 5.91 Å². The van der Waals surface area contributed by atoms with Crippen molar-refractivity contribution in [2.75, 3.05) is 32.5 Å². The Morgan fingerprint density at radius 3 is 2.75 bits per heavy atom. The molecular weight excluding hydrogens is 296 g/mol. The Kier molecular flexibility index (Phi) is 7.19. The second-order valence-electron chi connectivity index (χ2n) is 4.60. The number of rotatable bonds is 4. The van der Waals surface area contributed by atoms with Crippen molar-refractivity contribution >= 4 is 30.1 Å². The fraction of sp³-hybridized carbons (Fsp3) is 0.500. The molecule has 1 amide bonds. The van der Waals surface area contributed by atoms with Crippen LogP contribution in [0, 0.1) is 0 Å². The molecule has 0 aliphatic carbocycles. The van der Waals surface area contributed by atoms with Crippen LogP contribution in [-0.2, 0) is 4.79 Å². The third kappa shape index (κ3) is 4.58. The molecule has 1 aromatic carbocycles. The molecule has 1 aliphatic heterocycles. The molecule has 1 aliphatic rings. The standard InChI is InChI=1S/C14H20N2O2S.ClH/c1-11-9-15-7-8-16(11)14(17)10-19-13-5-3-12(18-2)4-6-13;/h3-6,11,15H,7-10H2,1-2H3;1H/t11-;/m0./s1. The molecule has 2 rings (SSSR count). The van der Waals surface area contributed by atoms with Gasteiger partial charge in [0.15, 0.2) is 0 Å². The zero-order chi connectivity index (χ0) is 13.7. The quantitative estimate of drug-likeness (QED) is 0.863. The minimum atomic E-state index is 0. The number of carbonyl (C=O) groups excluding carboxylic acids is 1. The molecule has 0 spiro atoms. The number of ether oxygens (including phenoxy) is 1. The average molecular weight is 317 g/mol. The summed E-state index contributed by atoms with van der Waals surface area (Å²) in [4.78, 5) is 15.2. The van der Waals surface area contributed by atoms with E-state index >= 15 is 0 Å². The number of carbonyl (C=O) groups is 1. The van der Waals surface area contributed by atoms with E-state index in [0.29, 0.717) is 5.75 Å². The van der Waals surface area contributed by atoms with E-state index in [4.69, 9.17) is 4.74 Å². The first-order valence-corrected chi connectivity index (χ1v) is 7.46. The fourth-order valence-electron chi connectivity index (χ4n) is 2.11. The number of nitrogens with one attached hydrogen (secondary N) is 1. The second-order valence-corrected chi connectivity index (χ2v) is 5.65. The van der Waals surface area contributed by atoms with E-state index in [1.165, 1.54) is 0 Å². The Labute approximate surface area is 130 Å². The van der Waals surface area contributed by atoms with Gasteiger partial charge in [-0.25, -0.2) is 0 Å². The Morgan fingerprint density at radius 2 is 2.15 bits per heavy atom. The summed E-state index contributed by atoms with van der Waals surface area (Å²) >= 11 is 1.58. The van der Waals surface area contributed by atoms with Crippen LogP contribution in [0.2, 0.25) is 0 Å². The molecule has 1 atom stereocenters. The van der Waals surface area contributed by atoms with Gasteiger partial charge in [-0.3, -0.25) is 4.79 Å². The van der Waals surface area contributed by atoms with Crippen LogP contribution in [0.3, 0.4) is 0 Å². The first-order valence-electron chi connectivity index (χ1n) is 6.47. The number of hydrogen-bond donors (Lipinski definition) is 1. The van der Waals surface area contributed by atoms with E-state index in [2.05, 4.69) is 12.2 Å². The molecule has 6 heteroatoms. The molecule has 1 N–H and O–H groups in total. The van der Waals surface area contributed by atoms with Crippen LogP contribution in [0.4, 0.5) is 0 Å². The summed E-state index contributed by atoms with van der Waals surface area (Å²) < 4.78 is 5.11. The molecule has 20 heavy (non-hydrogen) atoms. The van der Waals surface area contributed by atoms with E-state index in [1.807, 2.05) is 29.2 Å². The predicted molar refractivity (Wildman–Crippen MR) is 85.0 cm³/mol. The highest BCUT2D eigenvalue weighted by Gasteiger charge is 2.22. The first kappa shape index (κ1) is 17.1. The fourth-order valence-corrected chi connectivity index (χ4v) is 2.90. The first-order chi connectivity index (χ1) is 9.20. The lowest BCUT2D eigenvalue weighted by Gasteiger charge is -2.33. The average Bonchev–Trinajstić information content (AvgIpc) is 2.46. The molecule has 0 saturated carbocycles. The zero-order valence-corrected chi connectivity index (χ0v) is 13.4. The maximum absolute atomic E-state index is 12.2. The van der Waals surface area contributed by atoms with Gasteiger partial charge in [0.1, 0.15) is 5.75 Å². The highest BCUT2D eigenvalue weighted by molar-refractivity contribution is 8.00. The van der Waals surface area contributed by atoms with Crippen molar-refractivity contribution in [1.29, 1.82) is 0 Å². The molecule has 1 saturated heterocycles. The number of benzene rings is 1. The van der Waals surface area contributed by atoms with Gasteiger partial charge in [-0.1, -0.05) is 0 Å². The summed E-state index contributed by atoms with van der Waals surface area (Å²) in [5.74, 6) is 1.55. The van der Waals surface area contributed by atoms with Gasteiger partial charge in [-0.05, 0) is 31.2 Å². The van der Waals surface area contributed by atoms with Crippen LogP contribution >= 0.6 is 24.2 Å². The van der Waals surface area contributed by atoms with Gasteiger partial charge in [-0.2, -0.15) is 0 Å². The number of hydrogen-bond acceptors (Lipinski definition) is 4. The van der Waals surface area contributed by atoms with E-state index in [1.54, 1.807) is 18.9 Å². The molecule has 112 valence electrons. The van der Waals surface area contributed by atoms with Gasteiger partial charge < -0.3 is 15.0 Å². The lowest BCUT2D eigenvalue weighted by atomic mass is 10.2. The molecule has 0 aromatic heterocycles. The number of methoxy groups -OCH3 is 1. The van der Waals surface area contributed by atoms with Gasteiger partial charge in [0, 0.05) is 30.6 Å². The summed E-state index contributed by atoms with van der Waals surface area (Å²) in [6, 6.07) is 8.09. The number of piperazine rings is 1. The molecule has 4 nitrogen and oxygen atoms in total. The van der Waals surface area contributed by atoms with E-state index in [0.717, 1.165) is 30.3 Å². The minimum Gasteiger partial charge on any atom is -0.497 e. The summed E-state index contributed by atoms with van der Waals surface area (Å²) in [5.41, 5.74) is 0. The predicted octanol–water partition coefficient (Wildman–Crippen LogP) is 2.03. The summed E-state index contributed by atoms with van der Waals surface area (Å²) in [5, 5.41) is 3.29. The molecule has 1 aromatic rings. The van der Waals surface area contributed by atoms with Crippen LogP contribution < -0.4 is 10.1 Å². The van der Waals surface area contributed by atoms with E-state index in [9.17, 15) is 4.79 Å². The third-order valence-corrected chi connectivity index (χ3v) is 4.24. The number of thioether (sulfide) groups is 1. The largest absolute Gasteiger partial charge is 0.497 e. The smallest absolute Gasteiger partial charge is 0.233 e. The van der Waals surface area contributed by atoms with Gasteiger partial charge >= 0.3 is 0 Å². The van der Waals surface area contributed by atoms with Gasteiger partial charge in [0.25, 0.3) is 0 Å². The Balaban J connectivity index is 0.00000200. The van der Waals surface area contributed by atoms with E-state index < -0.39 is 0 Å². The topological polar surface area (TPSA) is 41.6 Å². The van der Waals surface area contributed by atoms with Crippen molar-refractivity contribution in [3.63, 3.8) is 0 Å². The molecule has 0 unspecified atom stereocenters. The van der Waals surface area contributed by atoms with Crippen LogP contribution in [0.25, 0.3) is 0 Å². The molecule has 1 heterocycles. The van der Waals surface area contributed by atoms with Crippen molar-refractivity contribution in [2.24, 2.45) is 0 Å². The summed E-state index contributed by atoms with van der Waals surface area (Å²) in [7, 11) is 1.65. The molecule has 1 fully saturated rings. The van der Waals surface area contributed by atoms with Gasteiger partial charge in [-0.15, -0.1) is 24.2 Å². The van der Waals surface area contributed by atoms with Crippen molar-refractivity contribution < 1.29 is 9.53 Å². The number of amides is 1. The monoisotopic (exact) mass is 316 g/mol. The van der Waals surface area contributed by atoms with Crippen molar-refractivity contribution in [1.82, 2.24) is 10.2 Å². The number of nitrogens with zero attached hydrogens (tertiary/aromatic N) is 1. The maximum atomic E-state index is 12.2. The SMILES string of the molecule is COc1ccc(SCC(=O)N2CCNC[C@@H]2C)cc1.Cl. The van der Waals surface area contributed by atoms with Crippen LogP contribution in [-0.4, -0.2) is 49.3 Å². The van der Waals surface area contributed by atoms with E-state index in [-0.39, 0.29) is 24.4 Å². The van der Waals surface area contributed by atoms with Gasteiger partial charge in [0.05, 0.1) is 12.9 Å². The molecule has 0 bridgehead atoms. The molecule has 0 radical (unpaired) electrons.